The lowest BCUT2D eigenvalue weighted by Gasteiger charge is -2.10. The smallest absolute Gasteiger partial charge is 0.310 e. The molecule has 0 unspecified atom stereocenters. The third kappa shape index (κ3) is 9.93. The average Bonchev–Trinajstić information content (AvgIpc) is 2.44. The summed E-state index contributed by atoms with van der Waals surface area (Å²) in [4.78, 5) is 41.2. The highest BCUT2D eigenvalue weighted by Crippen LogP contribution is 2.28. The molecule has 8 nitrogen and oxygen atoms in total. The summed E-state index contributed by atoms with van der Waals surface area (Å²) in [5.41, 5.74) is 0.868. The molecule has 0 aliphatic rings. The number of esters is 3. The Bertz CT molecular complexity index is 598. The molecule has 0 aromatic heterocycles. The van der Waals surface area contributed by atoms with Gasteiger partial charge in [-0.25, -0.2) is 0 Å². The van der Waals surface area contributed by atoms with Gasteiger partial charge in [0.25, 0.3) is 0 Å². The Morgan fingerprint density at radius 3 is 1.88 bits per heavy atom. The minimum Gasteiger partial charge on any atom is -0.493 e. The Labute approximate surface area is 140 Å². The highest BCUT2D eigenvalue weighted by molar-refractivity contribution is 5.82. The van der Waals surface area contributed by atoms with Crippen molar-refractivity contribution in [3.63, 3.8) is 0 Å². The van der Waals surface area contributed by atoms with E-state index in [1.54, 1.807) is 18.2 Å². The molecule has 1 amide bonds. The highest BCUT2D eigenvalue weighted by Gasteiger charge is 2.08. The van der Waals surface area contributed by atoms with Crippen molar-refractivity contribution in [3.8, 4) is 11.5 Å². The minimum atomic E-state index is -0.562. The molecular formula is C16H21NO7. The maximum Gasteiger partial charge on any atom is 0.310 e. The van der Waals surface area contributed by atoms with Gasteiger partial charge >= 0.3 is 17.9 Å². The van der Waals surface area contributed by atoms with E-state index in [1.807, 2.05) is 0 Å². The number of hydrogen-bond donors (Lipinski definition) is 1. The Balaban J connectivity index is 0.000000640. The number of nitrogens with one attached hydrogen (secondary N) is 1. The Morgan fingerprint density at radius 2 is 1.50 bits per heavy atom. The minimum absolute atomic E-state index is 0.104. The molecule has 0 heterocycles. The van der Waals surface area contributed by atoms with Gasteiger partial charge in [0, 0.05) is 34.2 Å². The normalized spacial score (nSPS) is 9.04. The van der Waals surface area contributed by atoms with Crippen LogP contribution in [0.3, 0.4) is 0 Å². The molecule has 0 bridgehead atoms. The average molecular weight is 339 g/mol. The molecule has 0 aliphatic carbocycles. The van der Waals surface area contributed by atoms with Gasteiger partial charge in [-0.1, -0.05) is 6.07 Å². The van der Waals surface area contributed by atoms with Gasteiger partial charge in [0.05, 0.1) is 7.11 Å². The summed E-state index contributed by atoms with van der Waals surface area (Å²) in [6.07, 6.45) is 0. The zero-order chi connectivity index (χ0) is 18.7. The van der Waals surface area contributed by atoms with Crippen LogP contribution in [0.4, 0.5) is 0 Å². The summed E-state index contributed by atoms with van der Waals surface area (Å²) < 4.78 is 14.0. The first kappa shape index (κ1) is 21.1. The second-order valence-corrected chi connectivity index (χ2v) is 4.57. The topological polar surface area (TPSA) is 108 Å². The number of hydrogen-bond acceptors (Lipinski definition) is 7. The molecule has 0 saturated heterocycles. The summed E-state index contributed by atoms with van der Waals surface area (Å²) in [6.45, 7) is 5.55. The predicted molar refractivity (Wildman–Crippen MR) is 84.3 cm³/mol. The van der Waals surface area contributed by atoms with Crippen LogP contribution in [0.1, 0.15) is 33.3 Å². The zero-order valence-corrected chi connectivity index (χ0v) is 14.3. The van der Waals surface area contributed by atoms with Gasteiger partial charge in [-0.15, -0.1) is 0 Å². The van der Waals surface area contributed by atoms with E-state index in [9.17, 15) is 19.2 Å². The Kier molecular flexibility index (Phi) is 9.46. The highest BCUT2D eigenvalue weighted by atomic mass is 16.6. The van der Waals surface area contributed by atoms with Crippen molar-refractivity contribution in [2.75, 3.05) is 7.11 Å². The fraction of sp³-hybridized carbons (Fsp3) is 0.375. The molecule has 8 heteroatoms. The quantitative estimate of drug-likeness (QED) is 0.501. The molecule has 1 aromatic carbocycles. The summed E-state index contributed by atoms with van der Waals surface area (Å²) in [5, 5.41) is 2.67. The molecule has 24 heavy (non-hydrogen) atoms. The first-order valence-electron chi connectivity index (χ1n) is 6.94. The lowest BCUT2D eigenvalue weighted by Crippen LogP contribution is -2.18. The number of methoxy groups -OCH3 is 1. The van der Waals surface area contributed by atoms with Crippen molar-refractivity contribution in [3.05, 3.63) is 23.8 Å². The Hall–Kier alpha value is -2.90. The van der Waals surface area contributed by atoms with Crippen LogP contribution in [0, 0.1) is 0 Å². The molecule has 0 fully saturated rings. The van der Waals surface area contributed by atoms with Crippen molar-refractivity contribution in [2.24, 2.45) is 0 Å². The van der Waals surface area contributed by atoms with E-state index in [-0.39, 0.29) is 5.91 Å². The van der Waals surface area contributed by atoms with Crippen molar-refractivity contribution in [1.82, 2.24) is 5.32 Å². The fourth-order valence-electron chi connectivity index (χ4n) is 1.49. The van der Waals surface area contributed by atoms with Crippen LogP contribution in [0.5, 0.6) is 11.5 Å². The van der Waals surface area contributed by atoms with Crippen LogP contribution < -0.4 is 14.8 Å². The van der Waals surface area contributed by atoms with E-state index in [2.05, 4.69) is 10.1 Å². The number of benzene rings is 1. The van der Waals surface area contributed by atoms with E-state index in [0.717, 1.165) is 5.56 Å². The summed E-state index contributed by atoms with van der Waals surface area (Å²) in [7, 11) is 1.49. The van der Waals surface area contributed by atoms with Crippen LogP contribution in [0.25, 0.3) is 0 Å². The van der Waals surface area contributed by atoms with Gasteiger partial charge in [0.15, 0.2) is 11.5 Å². The monoisotopic (exact) mass is 339 g/mol. The first-order chi connectivity index (χ1) is 11.1. The van der Waals surface area contributed by atoms with Gasteiger partial charge in [-0.2, -0.15) is 0 Å². The maximum atomic E-state index is 10.8. The van der Waals surface area contributed by atoms with Crippen LogP contribution in [0.15, 0.2) is 18.2 Å². The third-order valence-corrected chi connectivity index (χ3v) is 2.31. The molecule has 0 saturated carbocycles. The SMILES string of the molecule is CC(=O)OC(C)=O.COc1cc(CNC(C)=O)ccc1OC(C)=O. The lowest BCUT2D eigenvalue weighted by atomic mass is 10.2. The van der Waals surface area contributed by atoms with Gasteiger partial charge in [0.1, 0.15) is 0 Å². The van der Waals surface area contributed by atoms with Crippen LogP contribution in [0.2, 0.25) is 0 Å². The van der Waals surface area contributed by atoms with Gasteiger partial charge in [0.2, 0.25) is 5.91 Å². The number of carbonyl (C=O) groups excluding carboxylic acids is 4. The van der Waals surface area contributed by atoms with E-state index in [0.29, 0.717) is 18.0 Å². The fourth-order valence-corrected chi connectivity index (χ4v) is 1.49. The van der Waals surface area contributed by atoms with Crippen LogP contribution in [-0.2, 0) is 30.5 Å². The molecule has 0 radical (unpaired) electrons. The summed E-state index contributed by atoms with van der Waals surface area (Å²) >= 11 is 0. The molecule has 0 aliphatic heterocycles. The molecule has 132 valence electrons. The molecule has 0 spiro atoms. The van der Waals surface area contributed by atoms with Crippen molar-refractivity contribution >= 4 is 23.8 Å². The molecule has 0 atom stereocenters. The number of carbonyl (C=O) groups is 4. The zero-order valence-electron chi connectivity index (χ0n) is 14.3. The second-order valence-electron chi connectivity index (χ2n) is 4.57. The van der Waals surface area contributed by atoms with E-state index in [1.165, 1.54) is 34.8 Å². The molecular weight excluding hydrogens is 318 g/mol. The first-order valence-corrected chi connectivity index (χ1v) is 6.94. The van der Waals surface area contributed by atoms with Gasteiger partial charge < -0.3 is 19.5 Å². The van der Waals surface area contributed by atoms with Crippen molar-refractivity contribution < 1.29 is 33.4 Å². The van der Waals surface area contributed by atoms with Gasteiger partial charge in [-0.3, -0.25) is 19.2 Å². The van der Waals surface area contributed by atoms with E-state index in [4.69, 9.17) is 9.47 Å². The summed E-state index contributed by atoms with van der Waals surface area (Å²) in [5.74, 6) is -0.805. The number of amides is 1. The van der Waals surface area contributed by atoms with E-state index < -0.39 is 17.9 Å². The largest absolute Gasteiger partial charge is 0.493 e. The van der Waals surface area contributed by atoms with Crippen molar-refractivity contribution in [2.45, 2.75) is 34.2 Å². The van der Waals surface area contributed by atoms with Crippen LogP contribution >= 0.6 is 0 Å². The van der Waals surface area contributed by atoms with E-state index >= 15 is 0 Å². The Morgan fingerprint density at radius 1 is 0.917 bits per heavy atom. The second kappa shape index (κ2) is 10.8. The molecule has 1 aromatic rings. The third-order valence-electron chi connectivity index (χ3n) is 2.31. The molecule has 1 rings (SSSR count). The molecule has 1 N–H and O–H groups in total. The van der Waals surface area contributed by atoms with Crippen LogP contribution in [-0.4, -0.2) is 30.9 Å². The number of ether oxygens (including phenoxy) is 3. The standard InChI is InChI=1S/C12H15NO4.C4H6O3/c1-8(14)13-7-10-4-5-11(17-9(2)15)12(6-10)16-3;1-3(5)7-4(2)6/h4-6H,7H2,1-3H3,(H,13,14);1-2H3. The van der Waals surface area contributed by atoms with Crippen molar-refractivity contribution in [1.29, 1.82) is 0 Å². The summed E-state index contributed by atoms with van der Waals surface area (Å²) in [6, 6.07) is 5.11. The maximum absolute atomic E-state index is 10.8. The predicted octanol–water partition coefficient (Wildman–Crippen LogP) is 1.35. The number of rotatable bonds is 4. The lowest BCUT2D eigenvalue weighted by molar-refractivity contribution is -0.156. The van der Waals surface area contributed by atoms with Gasteiger partial charge in [-0.05, 0) is 17.7 Å².